The Balaban J connectivity index is 1.80. The summed E-state index contributed by atoms with van der Waals surface area (Å²) in [5.41, 5.74) is 1.87. The highest BCUT2D eigenvalue weighted by Gasteiger charge is 2.14. The normalized spacial score (nSPS) is 12.3. The molecular weight excluding hydrogens is 292 g/mol. The van der Waals surface area contributed by atoms with Gasteiger partial charge in [-0.1, -0.05) is 24.3 Å². The molecule has 0 saturated heterocycles. The van der Waals surface area contributed by atoms with E-state index in [1.807, 2.05) is 53.1 Å². The summed E-state index contributed by atoms with van der Waals surface area (Å²) in [5, 5.41) is 9.96. The first-order valence-corrected chi connectivity index (χ1v) is 7.59. The zero-order valence-electron chi connectivity index (χ0n) is 13.3. The molecule has 0 spiro atoms. The van der Waals surface area contributed by atoms with Crippen molar-refractivity contribution < 1.29 is 14.6 Å². The minimum absolute atomic E-state index is 0.459. The van der Waals surface area contributed by atoms with Crippen molar-refractivity contribution in [2.45, 2.75) is 19.6 Å². The van der Waals surface area contributed by atoms with Crippen LogP contribution in [-0.2, 0) is 6.54 Å². The number of para-hydroxylation sites is 4. The number of benzene rings is 2. The van der Waals surface area contributed by atoms with Gasteiger partial charge in [0, 0.05) is 0 Å². The van der Waals surface area contributed by atoms with Crippen LogP contribution >= 0.6 is 0 Å². The number of rotatable bonds is 6. The molecule has 23 heavy (non-hydrogen) atoms. The van der Waals surface area contributed by atoms with Gasteiger partial charge in [0.05, 0.1) is 24.7 Å². The Morgan fingerprint density at radius 2 is 1.78 bits per heavy atom. The topological polar surface area (TPSA) is 56.5 Å². The fourth-order valence-electron chi connectivity index (χ4n) is 2.63. The van der Waals surface area contributed by atoms with Gasteiger partial charge >= 0.3 is 0 Å². The SMILES string of the molecule is COc1ccccc1OCCn1c([C@@H](C)O)nc2ccccc21. The smallest absolute Gasteiger partial charge is 0.161 e. The van der Waals surface area contributed by atoms with E-state index >= 15 is 0 Å². The highest BCUT2D eigenvalue weighted by Crippen LogP contribution is 2.26. The first-order chi connectivity index (χ1) is 11.2. The van der Waals surface area contributed by atoms with Crippen LogP contribution in [0.5, 0.6) is 11.5 Å². The van der Waals surface area contributed by atoms with Crippen LogP contribution < -0.4 is 9.47 Å². The molecule has 0 saturated carbocycles. The Labute approximate surface area is 135 Å². The lowest BCUT2D eigenvalue weighted by atomic mass is 10.3. The second kappa shape index (κ2) is 6.71. The van der Waals surface area contributed by atoms with Gasteiger partial charge in [0.15, 0.2) is 11.5 Å². The van der Waals surface area contributed by atoms with E-state index in [4.69, 9.17) is 9.47 Å². The molecule has 2 aromatic carbocycles. The Morgan fingerprint density at radius 3 is 2.52 bits per heavy atom. The van der Waals surface area contributed by atoms with Crippen LogP contribution in [-0.4, -0.2) is 28.4 Å². The van der Waals surface area contributed by atoms with Crippen LogP contribution in [0.15, 0.2) is 48.5 Å². The predicted molar refractivity (Wildman–Crippen MR) is 88.9 cm³/mol. The highest BCUT2D eigenvalue weighted by atomic mass is 16.5. The monoisotopic (exact) mass is 312 g/mol. The van der Waals surface area contributed by atoms with E-state index in [9.17, 15) is 5.11 Å². The zero-order valence-corrected chi connectivity index (χ0v) is 13.3. The summed E-state index contributed by atoms with van der Waals surface area (Å²) in [6.45, 7) is 2.78. The minimum atomic E-state index is -0.631. The van der Waals surface area contributed by atoms with E-state index < -0.39 is 6.10 Å². The van der Waals surface area contributed by atoms with E-state index in [0.717, 1.165) is 11.0 Å². The molecule has 120 valence electrons. The number of nitrogens with zero attached hydrogens (tertiary/aromatic N) is 2. The third-order valence-corrected chi connectivity index (χ3v) is 3.70. The molecule has 0 fully saturated rings. The van der Waals surface area contributed by atoms with Crippen LogP contribution in [0.4, 0.5) is 0 Å². The van der Waals surface area contributed by atoms with E-state index in [0.29, 0.717) is 30.5 Å². The first kappa shape index (κ1) is 15.4. The molecule has 1 N–H and O–H groups in total. The lowest BCUT2D eigenvalue weighted by Gasteiger charge is -2.13. The van der Waals surface area contributed by atoms with Gasteiger partial charge in [0.25, 0.3) is 0 Å². The number of hydrogen-bond donors (Lipinski definition) is 1. The fourth-order valence-corrected chi connectivity index (χ4v) is 2.63. The van der Waals surface area contributed by atoms with Crippen LogP contribution in [0.25, 0.3) is 11.0 Å². The maximum Gasteiger partial charge on any atom is 0.161 e. The Kier molecular flexibility index (Phi) is 4.48. The number of methoxy groups -OCH3 is 1. The average Bonchev–Trinajstić information content (AvgIpc) is 2.94. The average molecular weight is 312 g/mol. The maximum absolute atomic E-state index is 9.96. The molecule has 0 aliphatic carbocycles. The van der Waals surface area contributed by atoms with Crippen molar-refractivity contribution in [3.05, 3.63) is 54.4 Å². The minimum Gasteiger partial charge on any atom is -0.493 e. The maximum atomic E-state index is 9.96. The summed E-state index contributed by atoms with van der Waals surface area (Å²) in [6, 6.07) is 15.4. The summed E-state index contributed by atoms with van der Waals surface area (Å²) in [6.07, 6.45) is -0.631. The molecule has 3 rings (SSSR count). The molecule has 5 nitrogen and oxygen atoms in total. The van der Waals surface area contributed by atoms with Crippen LogP contribution in [0.2, 0.25) is 0 Å². The molecule has 5 heteroatoms. The lowest BCUT2D eigenvalue weighted by Crippen LogP contribution is -2.13. The van der Waals surface area contributed by atoms with E-state index in [1.165, 1.54) is 0 Å². The highest BCUT2D eigenvalue weighted by molar-refractivity contribution is 5.76. The Hall–Kier alpha value is -2.53. The second-order valence-electron chi connectivity index (χ2n) is 5.29. The zero-order chi connectivity index (χ0) is 16.2. The number of ether oxygens (including phenoxy) is 2. The number of aliphatic hydroxyl groups excluding tert-OH is 1. The third-order valence-electron chi connectivity index (χ3n) is 3.70. The quantitative estimate of drug-likeness (QED) is 0.759. The van der Waals surface area contributed by atoms with E-state index in [-0.39, 0.29) is 0 Å². The Bertz CT molecular complexity index is 796. The molecule has 0 aliphatic rings. The van der Waals surface area contributed by atoms with Crippen molar-refractivity contribution in [3.8, 4) is 11.5 Å². The summed E-state index contributed by atoms with van der Waals surface area (Å²) in [5.74, 6) is 2.06. The standard InChI is InChI=1S/C18H20N2O3/c1-13(21)18-19-14-7-3-4-8-15(14)20(18)11-12-23-17-10-6-5-9-16(17)22-2/h3-10,13,21H,11-12H2,1-2H3/t13-/m1/s1. The third kappa shape index (κ3) is 3.14. The summed E-state index contributed by atoms with van der Waals surface area (Å²) in [4.78, 5) is 4.50. The van der Waals surface area contributed by atoms with Gasteiger partial charge in [-0.05, 0) is 31.2 Å². The first-order valence-electron chi connectivity index (χ1n) is 7.59. The van der Waals surface area contributed by atoms with E-state index in [1.54, 1.807) is 14.0 Å². The summed E-state index contributed by atoms with van der Waals surface area (Å²) in [7, 11) is 1.62. The molecule has 0 aliphatic heterocycles. The summed E-state index contributed by atoms with van der Waals surface area (Å²) >= 11 is 0. The number of imidazole rings is 1. The van der Waals surface area contributed by atoms with Crippen molar-refractivity contribution in [1.29, 1.82) is 0 Å². The van der Waals surface area contributed by atoms with Crippen molar-refractivity contribution in [3.63, 3.8) is 0 Å². The molecule has 0 unspecified atom stereocenters. The van der Waals surface area contributed by atoms with Crippen molar-refractivity contribution in [1.82, 2.24) is 9.55 Å². The van der Waals surface area contributed by atoms with Gasteiger partial charge in [-0.3, -0.25) is 0 Å². The molecule has 3 aromatic rings. The number of aromatic nitrogens is 2. The summed E-state index contributed by atoms with van der Waals surface area (Å²) < 4.78 is 13.1. The van der Waals surface area contributed by atoms with Crippen LogP contribution in [0, 0.1) is 0 Å². The van der Waals surface area contributed by atoms with Gasteiger partial charge in [0.1, 0.15) is 18.5 Å². The van der Waals surface area contributed by atoms with Crippen LogP contribution in [0.1, 0.15) is 18.9 Å². The van der Waals surface area contributed by atoms with Crippen molar-refractivity contribution in [2.24, 2.45) is 0 Å². The fraction of sp³-hybridized carbons (Fsp3) is 0.278. The van der Waals surface area contributed by atoms with Crippen molar-refractivity contribution >= 4 is 11.0 Å². The molecule has 1 heterocycles. The number of fused-ring (bicyclic) bond motifs is 1. The van der Waals surface area contributed by atoms with Gasteiger partial charge in [0.2, 0.25) is 0 Å². The van der Waals surface area contributed by atoms with Crippen molar-refractivity contribution in [2.75, 3.05) is 13.7 Å². The Morgan fingerprint density at radius 1 is 1.09 bits per heavy atom. The van der Waals surface area contributed by atoms with Gasteiger partial charge < -0.3 is 19.1 Å². The molecule has 0 bridgehead atoms. The molecular formula is C18H20N2O3. The van der Waals surface area contributed by atoms with Gasteiger partial charge in [-0.2, -0.15) is 0 Å². The molecule has 1 atom stereocenters. The molecule has 0 radical (unpaired) electrons. The largest absolute Gasteiger partial charge is 0.493 e. The van der Waals surface area contributed by atoms with E-state index in [2.05, 4.69) is 4.98 Å². The van der Waals surface area contributed by atoms with Gasteiger partial charge in [-0.25, -0.2) is 4.98 Å². The number of hydrogen-bond acceptors (Lipinski definition) is 4. The molecule has 1 aromatic heterocycles. The lowest BCUT2D eigenvalue weighted by molar-refractivity contribution is 0.181. The van der Waals surface area contributed by atoms with Crippen LogP contribution in [0.3, 0.4) is 0 Å². The molecule has 0 amide bonds. The number of aliphatic hydroxyl groups is 1. The second-order valence-corrected chi connectivity index (χ2v) is 5.29. The predicted octanol–water partition coefficient (Wildman–Crippen LogP) is 3.18. The van der Waals surface area contributed by atoms with Gasteiger partial charge in [-0.15, -0.1) is 0 Å².